The molecule has 0 N–H and O–H groups in total. The van der Waals surface area contributed by atoms with Gasteiger partial charge in [0.25, 0.3) is 0 Å². The van der Waals surface area contributed by atoms with Gasteiger partial charge in [0.1, 0.15) is 5.82 Å². The third kappa shape index (κ3) is 2.32. The Bertz CT molecular complexity index is 456. The maximum atomic E-state index is 11.0. The lowest BCUT2D eigenvalue weighted by molar-refractivity contribution is 0.411. The number of nitrogens with zero attached hydrogens (tertiary/aromatic N) is 4. The number of halogens is 1. The lowest BCUT2D eigenvalue weighted by Gasteiger charge is -2.40. The van der Waals surface area contributed by atoms with Crippen LogP contribution in [-0.4, -0.2) is 22.1 Å². The summed E-state index contributed by atoms with van der Waals surface area (Å²) in [5, 5.41) is 3.14. The third-order valence-electron chi connectivity index (χ3n) is 3.46. The topological polar surface area (TPSA) is 58.5 Å². The zero-order chi connectivity index (χ0) is 13.3. The maximum Gasteiger partial charge on any atom is 0.187 e. The minimum absolute atomic E-state index is 0.137. The Morgan fingerprint density at radius 1 is 1.28 bits per heavy atom. The van der Waals surface area contributed by atoms with Crippen LogP contribution in [-0.2, 0) is 0 Å². The zero-order valence-electron chi connectivity index (χ0n) is 10.9. The number of nitroso groups, excluding NO2 is 1. The van der Waals surface area contributed by atoms with E-state index in [0.29, 0.717) is 23.7 Å². The lowest BCUT2D eigenvalue weighted by Crippen LogP contribution is -2.44. The summed E-state index contributed by atoms with van der Waals surface area (Å²) < 4.78 is 0. The molecule has 0 saturated carbocycles. The quantitative estimate of drug-likeness (QED) is 0.607. The molecule has 6 heteroatoms. The molecule has 0 spiro atoms. The number of hydrogen-bond acceptors (Lipinski definition) is 5. The molecule has 0 radical (unpaired) electrons. The van der Waals surface area contributed by atoms with Crippen LogP contribution in [0.25, 0.3) is 0 Å². The minimum Gasteiger partial charge on any atom is -0.349 e. The Kier molecular flexibility index (Phi) is 3.80. The van der Waals surface area contributed by atoms with Crippen molar-refractivity contribution < 1.29 is 0 Å². The van der Waals surface area contributed by atoms with Crippen molar-refractivity contribution in [1.29, 1.82) is 0 Å². The molecular weight excluding hydrogens is 252 g/mol. The van der Waals surface area contributed by atoms with Crippen molar-refractivity contribution in [2.75, 3.05) is 4.90 Å². The van der Waals surface area contributed by atoms with E-state index in [1.54, 1.807) is 6.92 Å². The predicted molar refractivity (Wildman–Crippen MR) is 72.5 cm³/mol. The van der Waals surface area contributed by atoms with E-state index in [4.69, 9.17) is 11.6 Å². The maximum absolute atomic E-state index is 11.0. The third-order valence-corrected chi connectivity index (χ3v) is 3.73. The standard InChI is InChI=1S/C12H17ClN4O/c1-7-5-4-6-8(2)17(7)12-10(16-18)11(13)14-9(3)15-12/h7-8H,4-6H2,1-3H3/t7-,8+. The molecule has 2 heterocycles. The number of aromatic nitrogens is 2. The summed E-state index contributed by atoms with van der Waals surface area (Å²) in [4.78, 5) is 21.5. The molecule has 1 aromatic rings. The van der Waals surface area contributed by atoms with Crippen molar-refractivity contribution in [3.63, 3.8) is 0 Å². The molecule has 0 aromatic carbocycles. The van der Waals surface area contributed by atoms with Gasteiger partial charge in [-0.2, -0.15) is 0 Å². The summed E-state index contributed by atoms with van der Waals surface area (Å²) in [6.07, 6.45) is 3.37. The molecule has 2 atom stereocenters. The molecule has 0 unspecified atom stereocenters. The summed E-state index contributed by atoms with van der Waals surface area (Å²) in [7, 11) is 0. The molecule has 2 rings (SSSR count). The van der Waals surface area contributed by atoms with Gasteiger partial charge in [0.2, 0.25) is 0 Å². The number of aryl methyl sites for hydroxylation is 1. The fourth-order valence-electron chi connectivity index (χ4n) is 2.62. The van der Waals surface area contributed by atoms with Gasteiger partial charge in [0.05, 0.1) is 0 Å². The Morgan fingerprint density at radius 2 is 1.89 bits per heavy atom. The van der Waals surface area contributed by atoms with Gasteiger partial charge in [0, 0.05) is 12.1 Å². The number of anilines is 1. The van der Waals surface area contributed by atoms with Crippen molar-refractivity contribution in [1.82, 2.24) is 9.97 Å². The second-order valence-electron chi connectivity index (χ2n) is 4.86. The Balaban J connectivity index is 2.51. The number of rotatable bonds is 2. The largest absolute Gasteiger partial charge is 0.349 e. The zero-order valence-corrected chi connectivity index (χ0v) is 11.6. The molecular formula is C12H17ClN4O. The van der Waals surface area contributed by atoms with Crippen molar-refractivity contribution in [2.24, 2.45) is 5.18 Å². The first-order valence-corrected chi connectivity index (χ1v) is 6.58. The summed E-state index contributed by atoms with van der Waals surface area (Å²) in [5.41, 5.74) is 0.155. The Morgan fingerprint density at radius 3 is 2.44 bits per heavy atom. The molecule has 18 heavy (non-hydrogen) atoms. The molecule has 5 nitrogen and oxygen atoms in total. The van der Waals surface area contributed by atoms with Crippen molar-refractivity contribution in [2.45, 2.75) is 52.1 Å². The van der Waals surface area contributed by atoms with Crippen molar-refractivity contribution in [3.05, 3.63) is 15.9 Å². The van der Waals surface area contributed by atoms with Gasteiger partial charge in [-0.25, -0.2) is 9.97 Å². The van der Waals surface area contributed by atoms with E-state index in [1.165, 1.54) is 6.42 Å². The average molecular weight is 269 g/mol. The van der Waals surface area contributed by atoms with Gasteiger partial charge in [0.15, 0.2) is 16.7 Å². The van der Waals surface area contributed by atoms with Crippen LogP contribution in [0.15, 0.2) is 5.18 Å². The Hall–Kier alpha value is -1.23. The normalized spacial score (nSPS) is 24.1. The van der Waals surface area contributed by atoms with Gasteiger partial charge in [-0.15, -0.1) is 4.91 Å². The highest BCUT2D eigenvalue weighted by atomic mass is 35.5. The van der Waals surface area contributed by atoms with Gasteiger partial charge in [-0.05, 0) is 45.2 Å². The summed E-state index contributed by atoms with van der Waals surface area (Å²) in [6, 6.07) is 0.666. The number of piperidine rings is 1. The fourth-order valence-corrected chi connectivity index (χ4v) is 2.86. The van der Waals surface area contributed by atoms with E-state index in [0.717, 1.165) is 12.8 Å². The van der Waals surface area contributed by atoms with E-state index >= 15 is 0 Å². The lowest BCUT2D eigenvalue weighted by atomic mass is 9.97. The average Bonchev–Trinajstić information content (AvgIpc) is 2.28. The van der Waals surface area contributed by atoms with E-state index in [2.05, 4.69) is 33.9 Å². The fraction of sp³-hybridized carbons (Fsp3) is 0.667. The molecule has 0 bridgehead atoms. The second-order valence-corrected chi connectivity index (χ2v) is 5.22. The number of hydrogen-bond donors (Lipinski definition) is 0. The minimum atomic E-state index is 0.137. The molecule has 1 aromatic heterocycles. The van der Waals surface area contributed by atoms with Gasteiger partial charge >= 0.3 is 0 Å². The predicted octanol–water partition coefficient (Wildman–Crippen LogP) is 3.60. The first-order valence-electron chi connectivity index (χ1n) is 6.20. The molecule has 1 aliphatic heterocycles. The molecule has 1 saturated heterocycles. The summed E-state index contributed by atoms with van der Waals surface area (Å²) in [6.45, 7) is 6.04. The van der Waals surface area contributed by atoms with Crippen LogP contribution >= 0.6 is 11.6 Å². The molecule has 1 aliphatic rings. The highest BCUT2D eigenvalue weighted by Gasteiger charge is 2.29. The van der Waals surface area contributed by atoms with Gasteiger partial charge < -0.3 is 4.90 Å². The molecule has 98 valence electrons. The second kappa shape index (κ2) is 5.18. The summed E-state index contributed by atoms with van der Waals surface area (Å²) in [5.74, 6) is 1.13. The van der Waals surface area contributed by atoms with Crippen LogP contribution < -0.4 is 4.90 Å². The summed E-state index contributed by atoms with van der Waals surface area (Å²) >= 11 is 5.98. The highest BCUT2D eigenvalue weighted by Crippen LogP contribution is 2.37. The van der Waals surface area contributed by atoms with Crippen LogP contribution in [0.3, 0.4) is 0 Å². The van der Waals surface area contributed by atoms with E-state index in [1.807, 2.05) is 0 Å². The molecule has 0 amide bonds. The van der Waals surface area contributed by atoms with E-state index < -0.39 is 0 Å². The van der Waals surface area contributed by atoms with Crippen molar-refractivity contribution >= 4 is 23.1 Å². The van der Waals surface area contributed by atoms with E-state index in [-0.39, 0.29) is 10.8 Å². The van der Waals surface area contributed by atoms with Crippen LogP contribution in [0.1, 0.15) is 38.9 Å². The van der Waals surface area contributed by atoms with Crippen LogP contribution in [0.2, 0.25) is 5.15 Å². The molecule has 1 fully saturated rings. The monoisotopic (exact) mass is 268 g/mol. The van der Waals surface area contributed by atoms with Crippen molar-refractivity contribution in [3.8, 4) is 0 Å². The van der Waals surface area contributed by atoms with Gasteiger partial charge in [-0.3, -0.25) is 0 Å². The first kappa shape index (κ1) is 13.2. The van der Waals surface area contributed by atoms with Crippen LogP contribution in [0, 0.1) is 11.8 Å². The Labute approximate surface area is 112 Å². The van der Waals surface area contributed by atoms with Crippen LogP contribution in [0.4, 0.5) is 11.5 Å². The van der Waals surface area contributed by atoms with Crippen LogP contribution in [0.5, 0.6) is 0 Å². The SMILES string of the molecule is Cc1nc(Cl)c(N=O)c(N2[C@H](C)CCC[C@@H]2C)n1. The first-order chi connectivity index (χ1) is 8.54. The van der Waals surface area contributed by atoms with Gasteiger partial charge in [-0.1, -0.05) is 11.6 Å². The smallest absolute Gasteiger partial charge is 0.187 e. The highest BCUT2D eigenvalue weighted by molar-refractivity contribution is 6.32. The molecule has 0 aliphatic carbocycles. The van der Waals surface area contributed by atoms with E-state index in [9.17, 15) is 4.91 Å².